The van der Waals surface area contributed by atoms with E-state index in [4.69, 9.17) is 9.47 Å². The van der Waals surface area contributed by atoms with Crippen LogP contribution in [0.5, 0.6) is 5.75 Å². The lowest BCUT2D eigenvalue weighted by molar-refractivity contribution is 0.120. The van der Waals surface area contributed by atoms with E-state index >= 15 is 0 Å². The number of likely N-dealkylation sites (N-methyl/N-ethyl adjacent to an activating group) is 1. The quantitative estimate of drug-likeness (QED) is 0.672. The molecule has 0 amide bonds. The molecular weight excluding hydrogens is 221 g/mol. The molecule has 0 saturated carbocycles. The third-order valence-corrected chi connectivity index (χ3v) is 2.20. The second-order valence-corrected chi connectivity index (χ2v) is 3.60. The highest BCUT2D eigenvalue weighted by Gasteiger charge is 2.00. The van der Waals surface area contributed by atoms with Crippen molar-refractivity contribution in [3.63, 3.8) is 0 Å². The molecule has 0 fully saturated rings. The first-order chi connectivity index (χ1) is 8.34. The summed E-state index contributed by atoms with van der Waals surface area (Å²) in [5, 5.41) is 3.17. The maximum atomic E-state index is 13.1. The second-order valence-electron chi connectivity index (χ2n) is 3.60. The van der Waals surface area contributed by atoms with Crippen molar-refractivity contribution in [2.75, 3.05) is 32.9 Å². The molecule has 17 heavy (non-hydrogen) atoms. The summed E-state index contributed by atoms with van der Waals surface area (Å²) in [6.07, 6.45) is 0.764. The van der Waals surface area contributed by atoms with Crippen LogP contribution in [-0.2, 0) is 4.74 Å². The maximum absolute atomic E-state index is 13.1. The van der Waals surface area contributed by atoms with Gasteiger partial charge in [-0.25, -0.2) is 4.39 Å². The van der Waals surface area contributed by atoms with Crippen molar-refractivity contribution in [3.8, 4) is 5.75 Å². The van der Waals surface area contributed by atoms with Crippen molar-refractivity contribution >= 4 is 0 Å². The Morgan fingerprint density at radius 3 is 2.76 bits per heavy atom. The molecule has 3 nitrogen and oxygen atoms in total. The molecule has 0 aromatic heterocycles. The number of ether oxygens (including phenoxy) is 2. The standard InChI is InChI=1S/C13H20FNO2/c1-2-15-8-11-16-9-5-10-17-13-7-4-3-6-12(13)14/h3-4,6-7,15H,2,5,8-11H2,1H3. The lowest BCUT2D eigenvalue weighted by Crippen LogP contribution is -2.19. The van der Waals surface area contributed by atoms with Gasteiger partial charge in [0.1, 0.15) is 0 Å². The SMILES string of the molecule is CCNCCOCCCOc1ccccc1F. The zero-order chi connectivity index (χ0) is 12.3. The highest BCUT2D eigenvalue weighted by molar-refractivity contribution is 5.23. The Bertz CT molecular complexity index is 307. The van der Waals surface area contributed by atoms with Gasteiger partial charge in [0.05, 0.1) is 13.2 Å². The van der Waals surface area contributed by atoms with Gasteiger partial charge in [-0.15, -0.1) is 0 Å². The van der Waals surface area contributed by atoms with Crippen LogP contribution in [0.3, 0.4) is 0 Å². The Hall–Kier alpha value is -1.13. The predicted molar refractivity (Wildman–Crippen MR) is 65.9 cm³/mol. The number of benzene rings is 1. The number of halogens is 1. The molecule has 1 N–H and O–H groups in total. The fourth-order valence-corrected chi connectivity index (χ4v) is 1.33. The second kappa shape index (κ2) is 8.96. The van der Waals surface area contributed by atoms with E-state index in [0.717, 1.165) is 19.5 Å². The highest BCUT2D eigenvalue weighted by atomic mass is 19.1. The predicted octanol–water partition coefficient (Wildman–Crippen LogP) is 2.22. The van der Waals surface area contributed by atoms with E-state index in [2.05, 4.69) is 12.2 Å². The first-order valence-electron chi connectivity index (χ1n) is 6.00. The van der Waals surface area contributed by atoms with Crippen LogP contribution in [0.4, 0.5) is 4.39 Å². The van der Waals surface area contributed by atoms with Gasteiger partial charge in [-0.1, -0.05) is 19.1 Å². The van der Waals surface area contributed by atoms with E-state index in [1.54, 1.807) is 18.2 Å². The molecular formula is C13H20FNO2. The van der Waals surface area contributed by atoms with Crippen molar-refractivity contribution in [2.24, 2.45) is 0 Å². The molecule has 0 unspecified atom stereocenters. The molecule has 0 aliphatic carbocycles. The Balaban J connectivity index is 1.99. The van der Waals surface area contributed by atoms with E-state index < -0.39 is 0 Å². The molecule has 0 bridgehead atoms. The van der Waals surface area contributed by atoms with Crippen molar-refractivity contribution in [2.45, 2.75) is 13.3 Å². The average molecular weight is 241 g/mol. The van der Waals surface area contributed by atoms with E-state index in [9.17, 15) is 4.39 Å². The minimum Gasteiger partial charge on any atom is -0.490 e. The molecule has 0 aliphatic rings. The number of hydrogen-bond acceptors (Lipinski definition) is 3. The summed E-state index contributed by atoms with van der Waals surface area (Å²) in [4.78, 5) is 0. The smallest absolute Gasteiger partial charge is 0.165 e. The Morgan fingerprint density at radius 2 is 2.00 bits per heavy atom. The molecule has 0 atom stereocenters. The van der Waals surface area contributed by atoms with Crippen LogP contribution in [0.2, 0.25) is 0 Å². The number of para-hydroxylation sites is 1. The lowest BCUT2D eigenvalue weighted by atomic mass is 10.3. The average Bonchev–Trinajstić information content (AvgIpc) is 2.35. The zero-order valence-electron chi connectivity index (χ0n) is 10.2. The molecule has 0 radical (unpaired) electrons. The summed E-state index contributed by atoms with van der Waals surface area (Å²) in [5.74, 6) is -0.0132. The Kier molecular flexibility index (Phi) is 7.34. The molecule has 0 heterocycles. The number of hydrogen-bond donors (Lipinski definition) is 1. The van der Waals surface area contributed by atoms with Crippen LogP contribution in [-0.4, -0.2) is 32.9 Å². The maximum Gasteiger partial charge on any atom is 0.165 e. The first-order valence-corrected chi connectivity index (χ1v) is 6.00. The topological polar surface area (TPSA) is 30.5 Å². The molecule has 1 aromatic carbocycles. The van der Waals surface area contributed by atoms with Crippen LogP contribution in [0.25, 0.3) is 0 Å². The van der Waals surface area contributed by atoms with Crippen LogP contribution in [0.1, 0.15) is 13.3 Å². The van der Waals surface area contributed by atoms with Crippen LogP contribution in [0, 0.1) is 5.82 Å². The summed E-state index contributed by atoms with van der Waals surface area (Å²) in [5.41, 5.74) is 0. The summed E-state index contributed by atoms with van der Waals surface area (Å²) in [7, 11) is 0. The molecule has 96 valence electrons. The molecule has 4 heteroatoms. The normalized spacial score (nSPS) is 10.5. The third kappa shape index (κ3) is 6.24. The molecule has 0 aliphatic heterocycles. The summed E-state index contributed by atoms with van der Waals surface area (Å²) in [6.45, 7) is 5.70. The molecule has 0 saturated heterocycles. The van der Waals surface area contributed by atoms with E-state index in [1.807, 2.05) is 0 Å². The monoisotopic (exact) mass is 241 g/mol. The number of nitrogens with one attached hydrogen (secondary N) is 1. The fraction of sp³-hybridized carbons (Fsp3) is 0.538. The van der Waals surface area contributed by atoms with Gasteiger partial charge in [0.2, 0.25) is 0 Å². The first kappa shape index (κ1) is 13.9. The van der Waals surface area contributed by atoms with Crippen LogP contribution < -0.4 is 10.1 Å². The Morgan fingerprint density at radius 1 is 1.18 bits per heavy atom. The van der Waals surface area contributed by atoms with E-state index in [0.29, 0.717) is 25.6 Å². The van der Waals surface area contributed by atoms with Gasteiger partial charge in [-0.3, -0.25) is 0 Å². The summed E-state index contributed by atoms with van der Waals surface area (Å²) >= 11 is 0. The summed E-state index contributed by atoms with van der Waals surface area (Å²) in [6, 6.07) is 6.42. The molecule has 1 rings (SSSR count). The zero-order valence-corrected chi connectivity index (χ0v) is 10.2. The van der Waals surface area contributed by atoms with E-state index in [-0.39, 0.29) is 5.82 Å². The van der Waals surface area contributed by atoms with Crippen molar-refractivity contribution in [3.05, 3.63) is 30.1 Å². The van der Waals surface area contributed by atoms with Crippen molar-refractivity contribution in [1.29, 1.82) is 0 Å². The van der Waals surface area contributed by atoms with Gasteiger partial charge in [0.25, 0.3) is 0 Å². The Labute approximate surface area is 102 Å². The minimum atomic E-state index is -0.319. The summed E-state index contributed by atoms with van der Waals surface area (Å²) < 4.78 is 23.8. The fourth-order valence-electron chi connectivity index (χ4n) is 1.33. The third-order valence-electron chi connectivity index (χ3n) is 2.20. The molecule has 1 aromatic rings. The van der Waals surface area contributed by atoms with Gasteiger partial charge < -0.3 is 14.8 Å². The van der Waals surface area contributed by atoms with Crippen molar-refractivity contribution < 1.29 is 13.9 Å². The van der Waals surface area contributed by atoms with Gasteiger partial charge in [-0.05, 0) is 18.7 Å². The molecule has 0 spiro atoms. The van der Waals surface area contributed by atoms with Crippen molar-refractivity contribution in [1.82, 2.24) is 5.32 Å². The van der Waals surface area contributed by atoms with Gasteiger partial charge in [0, 0.05) is 19.6 Å². The lowest BCUT2D eigenvalue weighted by Gasteiger charge is -2.07. The number of rotatable bonds is 9. The van der Waals surface area contributed by atoms with Gasteiger partial charge in [-0.2, -0.15) is 0 Å². The van der Waals surface area contributed by atoms with Gasteiger partial charge in [0.15, 0.2) is 11.6 Å². The van der Waals surface area contributed by atoms with E-state index in [1.165, 1.54) is 6.07 Å². The van der Waals surface area contributed by atoms with Crippen LogP contribution in [0.15, 0.2) is 24.3 Å². The largest absolute Gasteiger partial charge is 0.490 e. The highest BCUT2D eigenvalue weighted by Crippen LogP contribution is 2.15. The minimum absolute atomic E-state index is 0.306. The van der Waals surface area contributed by atoms with Gasteiger partial charge >= 0.3 is 0 Å². The van der Waals surface area contributed by atoms with Crippen LogP contribution >= 0.6 is 0 Å².